The lowest BCUT2D eigenvalue weighted by molar-refractivity contribution is -0.135. The van der Waals surface area contributed by atoms with Gasteiger partial charge in [0, 0.05) is 26.4 Å². The van der Waals surface area contributed by atoms with E-state index in [9.17, 15) is 96.2 Å². The minimum atomic E-state index is -1.34. The lowest BCUT2D eigenvalue weighted by atomic mass is 10.0. The Morgan fingerprint density at radius 3 is 0.798 bits per heavy atom. The Hall–Kier alpha value is -11.2. The second-order valence-electron chi connectivity index (χ2n) is 27.6. The van der Waals surface area contributed by atoms with Crippen molar-refractivity contribution in [3.05, 3.63) is 29.8 Å². The summed E-state index contributed by atoms with van der Waals surface area (Å²) in [6, 6.07) is -14.0. The van der Waals surface area contributed by atoms with Crippen molar-refractivity contribution in [2.24, 2.45) is 22.9 Å². The lowest BCUT2D eigenvalue weighted by Crippen LogP contribution is -2.59. The highest BCUT2D eigenvalue weighted by atomic mass is 16.3. The Morgan fingerprint density at radius 2 is 0.526 bits per heavy atom. The molecular weight excluding hydrogens is 1490 g/mol. The van der Waals surface area contributed by atoms with Gasteiger partial charge in [0.05, 0.1) is 13.1 Å². The molecule has 0 fully saturated rings. The first kappa shape index (κ1) is 101. The van der Waals surface area contributed by atoms with Crippen LogP contribution in [0.15, 0.2) is 24.3 Å². The Morgan fingerprint density at radius 1 is 0.272 bits per heavy atom. The van der Waals surface area contributed by atoms with Crippen LogP contribution in [-0.4, -0.2) is 260 Å². The van der Waals surface area contributed by atoms with E-state index in [4.69, 9.17) is 22.9 Å². The summed E-state index contributed by atoms with van der Waals surface area (Å²) in [6.07, 6.45) is 2.51. The van der Waals surface area contributed by atoms with Gasteiger partial charge in [0.1, 0.15) is 102 Å². The summed E-state index contributed by atoms with van der Waals surface area (Å²) in [5, 5.41) is 56.2. The summed E-state index contributed by atoms with van der Waals surface area (Å²) < 4.78 is 0. The van der Waals surface area contributed by atoms with Gasteiger partial charge in [-0.2, -0.15) is 0 Å². The van der Waals surface area contributed by atoms with Crippen molar-refractivity contribution < 1.29 is 96.2 Å². The predicted molar refractivity (Wildman–Crippen MR) is 413 cm³/mol. The van der Waals surface area contributed by atoms with Crippen molar-refractivity contribution in [2.45, 2.75) is 251 Å². The van der Waals surface area contributed by atoms with Crippen LogP contribution < -0.4 is 124 Å². The van der Waals surface area contributed by atoms with Crippen molar-refractivity contribution in [3.8, 4) is 5.75 Å². The normalized spacial score (nSPS) is 15.1. The lowest BCUT2D eigenvalue weighted by Gasteiger charge is -2.25. The molecule has 640 valence electrons. The molecule has 0 aliphatic rings. The molecule has 0 bridgehead atoms. The molecule has 0 saturated carbocycles. The van der Waals surface area contributed by atoms with Gasteiger partial charge in [-0.1, -0.05) is 12.1 Å². The highest BCUT2D eigenvalue weighted by Gasteiger charge is 2.34. The van der Waals surface area contributed by atoms with E-state index in [0.29, 0.717) is 44.1 Å². The van der Waals surface area contributed by atoms with Gasteiger partial charge >= 0.3 is 0 Å². The minimum absolute atomic E-state index is 0.00597. The zero-order valence-corrected chi connectivity index (χ0v) is 67.1. The van der Waals surface area contributed by atoms with Crippen LogP contribution in [0.2, 0.25) is 0 Å². The van der Waals surface area contributed by atoms with Crippen LogP contribution >= 0.6 is 0 Å². The van der Waals surface area contributed by atoms with E-state index in [1.54, 1.807) is 12.1 Å². The summed E-state index contributed by atoms with van der Waals surface area (Å²) in [5.41, 5.74) is 23.0. The van der Waals surface area contributed by atoms with Crippen LogP contribution in [0.1, 0.15) is 153 Å². The van der Waals surface area contributed by atoms with Gasteiger partial charge in [-0.25, -0.2) is 0 Å². The number of benzene rings is 1. The van der Waals surface area contributed by atoms with E-state index in [2.05, 4.69) is 101 Å². The summed E-state index contributed by atoms with van der Waals surface area (Å²) in [6.45, 7) is 16.8. The number of nitrogens with two attached hydrogens (primary N) is 4. The van der Waals surface area contributed by atoms with Crippen LogP contribution in [0, 0.1) is 0 Å². The molecule has 0 aromatic heterocycles. The molecule has 43 nitrogen and oxygen atoms in total. The summed E-state index contributed by atoms with van der Waals surface area (Å²) >= 11 is 0. The fourth-order valence-corrected chi connectivity index (χ4v) is 10.1. The van der Waals surface area contributed by atoms with Crippen LogP contribution in [0.4, 0.5) is 0 Å². The molecule has 0 aliphatic heterocycles. The second-order valence-corrected chi connectivity index (χ2v) is 27.6. The molecule has 0 aliphatic carbocycles. The van der Waals surface area contributed by atoms with Crippen molar-refractivity contribution in [2.75, 3.05) is 45.8 Å². The molecule has 0 spiro atoms. The fraction of sp³-hybridized carbons (Fsp3) is 0.648. The Kier molecular flexibility index (Phi) is 46.8. The van der Waals surface area contributed by atoms with Gasteiger partial charge in [0.15, 0.2) is 0 Å². The van der Waals surface area contributed by atoms with Gasteiger partial charge in [-0.3, -0.25) is 91.1 Å². The first-order valence-corrected chi connectivity index (χ1v) is 37.7. The molecule has 114 heavy (non-hydrogen) atoms. The third-order valence-electron chi connectivity index (χ3n) is 17.2. The van der Waals surface area contributed by atoms with Gasteiger partial charge in [-0.15, -0.1) is 0 Å². The van der Waals surface area contributed by atoms with E-state index >= 15 is 0 Å². The number of unbranched alkanes of at least 4 members (excludes halogenated alkanes) is 3. The van der Waals surface area contributed by atoms with Gasteiger partial charge < -0.3 is 129 Å². The number of nitrogens with one attached hydrogen (secondary N) is 19. The number of phenols is 1. The smallest absolute Gasteiger partial charge is 0.243 e. The van der Waals surface area contributed by atoms with E-state index in [0.717, 1.165) is 0 Å². The number of rotatable bonds is 52. The first-order valence-electron chi connectivity index (χ1n) is 37.7. The number of aromatic hydroxyl groups is 1. The highest BCUT2D eigenvalue weighted by Crippen LogP contribution is 2.13. The number of amides is 19. The van der Waals surface area contributed by atoms with E-state index in [1.807, 2.05) is 0 Å². The maximum absolute atomic E-state index is 13.7. The van der Waals surface area contributed by atoms with Crippen LogP contribution in [0.3, 0.4) is 0 Å². The van der Waals surface area contributed by atoms with Gasteiger partial charge in [0.25, 0.3) is 0 Å². The molecule has 0 radical (unpaired) electrons. The van der Waals surface area contributed by atoms with Crippen molar-refractivity contribution in [1.29, 1.82) is 0 Å². The van der Waals surface area contributed by atoms with Gasteiger partial charge in [0.2, 0.25) is 112 Å². The highest BCUT2D eigenvalue weighted by molar-refractivity contribution is 6.01. The topological polar surface area (TPSA) is 677 Å². The Bertz CT molecular complexity index is 3460. The van der Waals surface area contributed by atoms with Gasteiger partial charge in [-0.05, 0) is 178 Å². The average molecular weight is 1620 g/mol. The molecule has 43 heteroatoms. The standard InChI is InChI=1S/C71H121N23O20/c1-35(56(99)76-31-30-75)79-57(100)36(2)80-58(101)37(3)84-64(107)43(9)89-70(113)51(21-15-18-28-73)93-67(110)46(12)87-62(105)41(7)82-60(103)39(5)85-65(108)44(10)90-71(114)52(22-16-19-29-74)94-66(109)45(11)86-61(104)40(6)81-59(102)38(4)83-63(106)42(8)88-69(112)50(20-14-17-27-72)92-55(98)34-77-54(97)33-78-68(111)53(91-47(13)95)32-48-23-25-49(96)26-24-48/h23-26,35-46,50-53,96H,14-22,27-34,72-75H2,1-13H3,(H,76,99)(H,77,97)(H,78,111)(H,79,100)(H,80,101)(H,81,102)(H,82,103)(H,83,106)(H,84,107)(H,85,108)(H,86,104)(H,87,105)(H,88,112)(H,89,113)(H,90,114)(H,91,95)(H,92,98)(H,93,110)(H,94,109)/t35-,36-,37-,38-,39-,40-,41-,42-,43-,44-,45-,46-,50-,51-,52-,53-/m0/s1. The minimum Gasteiger partial charge on any atom is -0.508 e. The van der Waals surface area contributed by atoms with Crippen molar-refractivity contribution >= 4 is 112 Å². The number of phenolic OH excluding ortho intramolecular Hbond substituents is 1. The van der Waals surface area contributed by atoms with Crippen LogP contribution in [-0.2, 0) is 97.5 Å². The predicted octanol–water partition coefficient (Wildman–Crippen LogP) is -9.36. The average Bonchev–Trinajstić information content (AvgIpc) is 0.877. The summed E-state index contributed by atoms with van der Waals surface area (Å²) in [7, 11) is 0. The number of carbonyl (C=O) groups excluding carboxylic acids is 19. The maximum atomic E-state index is 13.7. The van der Waals surface area contributed by atoms with Crippen molar-refractivity contribution in [1.82, 2.24) is 101 Å². The molecule has 0 saturated heterocycles. The van der Waals surface area contributed by atoms with Crippen molar-refractivity contribution in [3.63, 3.8) is 0 Å². The maximum Gasteiger partial charge on any atom is 0.243 e. The number of hydrogen-bond donors (Lipinski definition) is 24. The summed E-state index contributed by atoms with van der Waals surface area (Å²) in [5.74, 6) is -14.9. The van der Waals surface area contributed by atoms with Crippen LogP contribution in [0.5, 0.6) is 5.75 Å². The quantitative estimate of drug-likeness (QED) is 0.0269. The monoisotopic (exact) mass is 1620 g/mol. The first-order chi connectivity index (χ1) is 53.5. The van der Waals surface area contributed by atoms with Crippen LogP contribution in [0.25, 0.3) is 0 Å². The zero-order chi connectivity index (χ0) is 86.6. The molecule has 1 aromatic carbocycles. The van der Waals surface area contributed by atoms with E-state index in [1.165, 1.54) is 102 Å². The molecule has 0 unspecified atom stereocenters. The molecule has 1 rings (SSSR count). The zero-order valence-electron chi connectivity index (χ0n) is 67.1. The third kappa shape index (κ3) is 39.3. The SMILES string of the molecule is CC(=O)N[C@@H](Cc1ccc(O)cc1)C(=O)NCC(=O)NCC(=O)N[C@@H](CCCCN)C(=O)N[C@@H](C)C(=O)N[C@@H](C)C(=O)N[C@@H](C)C(=O)N[C@@H](C)C(=O)N[C@@H](CCCCN)C(=O)N[C@@H](C)C(=O)N[C@@H](C)C(=O)N[C@@H](C)C(=O)N[C@@H](C)C(=O)N[C@@H](CCCCN)C(=O)N[C@@H](C)C(=O)N[C@@H](C)C(=O)N[C@@H](C)C(=O)N[C@@H](C)C(=O)NCCN. The molecule has 16 atom stereocenters. The molecular formula is C71H121N23O20. The second kappa shape index (κ2) is 52.9. The molecule has 0 heterocycles. The Balaban J connectivity index is 2.84. The third-order valence-corrected chi connectivity index (χ3v) is 17.2. The molecule has 1 aromatic rings. The Labute approximate surface area is 662 Å². The molecule has 28 N–H and O–H groups in total. The fourth-order valence-electron chi connectivity index (χ4n) is 10.1. The number of carbonyl (C=O) groups is 19. The summed E-state index contributed by atoms with van der Waals surface area (Å²) in [4.78, 5) is 249. The number of hydrogen-bond acceptors (Lipinski definition) is 24. The van der Waals surface area contributed by atoms with E-state index in [-0.39, 0.29) is 64.2 Å². The largest absolute Gasteiger partial charge is 0.508 e. The molecule has 19 amide bonds. The van der Waals surface area contributed by atoms with E-state index < -0.39 is 222 Å².